The maximum Gasteiger partial charge on any atom is 0.0449 e. The van der Waals surface area contributed by atoms with Gasteiger partial charge in [0, 0.05) is 45.9 Å². The summed E-state index contributed by atoms with van der Waals surface area (Å²) in [5.41, 5.74) is 7.67. The first-order valence-electron chi connectivity index (χ1n) is 17.1. The van der Waals surface area contributed by atoms with Crippen LogP contribution in [0.5, 0.6) is 0 Å². The minimum Gasteiger partial charge on any atom is -0.134 e. The molecule has 2 heteroatoms. The third-order valence-electron chi connectivity index (χ3n) is 10.4. The first-order valence-corrected chi connectivity index (χ1v) is 18.7. The van der Waals surface area contributed by atoms with Gasteiger partial charge in [-0.25, -0.2) is 0 Å². The second-order valence-corrected chi connectivity index (χ2v) is 15.3. The smallest absolute Gasteiger partial charge is 0.0449 e. The molecule has 232 valence electrons. The molecule has 0 bridgehead atoms. The first-order chi connectivity index (χ1) is 24.8. The average Bonchev–Trinajstić information content (AvgIpc) is 3.75. The molecule has 0 aliphatic carbocycles. The van der Waals surface area contributed by atoms with E-state index in [0.29, 0.717) is 0 Å². The summed E-state index contributed by atoms with van der Waals surface area (Å²) in [5, 5.41) is 13.1. The van der Waals surface area contributed by atoms with Crippen molar-refractivity contribution >= 4 is 95.3 Å². The van der Waals surface area contributed by atoms with Crippen LogP contribution >= 0.6 is 22.7 Å². The van der Waals surface area contributed by atoms with Gasteiger partial charge in [0.25, 0.3) is 0 Å². The van der Waals surface area contributed by atoms with Gasteiger partial charge in [-0.3, -0.25) is 0 Å². The van der Waals surface area contributed by atoms with E-state index < -0.39 is 0 Å². The van der Waals surface area contributed by atoms with Crippen LogP contribution in [0.1, 0.15) is 0 Å². The molecular formula is C48H28S2. The fourth-order valence-electron chi connectivity index (χ4n) is 8.19. The van der Waals surface area contributed by atoms with Gasteiger partial charge in [-0.15, -0.1) is 22.7 Å². The van der Waals surface area contributed by atoms with Crippen molar-refractivity contribution in [2.45, 2.75) is 0 Å². The lowest BCUT2D eigenvalue weighted by Gasteiger charge is -2.19. The molecule has 0 saturated heterocycles. The Kier molecular flexibility index (Phi) is 6.09. The van der Waals surface area contributed by atoms with E-state index in [-0.39, 0.29) is 0 Å². The van der Waals surface area contributed by atoms with Gasteiger partial charge in [-0.2, -0.15) is 0 Å². The maximum absolute atomic E-state index is 2.50. The number of hydrogen-bond donors (Lipinski definition) is 0. The Hall–Kier alpha value is -5.80. The summed E-state index contributed by atoms with van der Waals surface area (Å²) in [7, 11) is 0. The van der Waals surface area contributed by atoms with Crippen LogP contribution in [0.15, 0.2) is 170 Å². The summed E-state index contributed by atoms with van der Waals surface area (Å²) in [5.74, 6) is 0. The van der Waals surface area contributed by atoms with E-state index in [1.165, 1.54) is 106 Å². The van der Waals surface area contributed by atoms with Gasteiger partial charge in [-0.05, 0) is 90.5 Å². The van der Waals surface area contributed by atoms with Crippen molar-refractivity contribution in [3.8, 4) is 33.4 Å². The number of fused-ring (bicyclic) bond motifs is 10. The van der Waals surface area contributed by atoms with E-state index in [4.69, 9.17) is 0 Å². The highest BCUT2D eigenvalue weighted by Crippen LogP contribution is 2.52. The van der Waals surface area contributed by atoms with Crippen molar-refractivity contribution in [1.82, 2.24) is 0 Å². The van der Waals surface area contributed by atoms with Crippen molar-refractivity contribution < 1.29 is 0 Å². The van der Waals surface area contributed by atoms with E-state index in [0.717, 1.165) is 0 Å². The Bertz CT molecular complexity index is 3080. The molecule has 0 nitrogen and oxygen atoms in total. The summed E-state index contributed by atoms with van der Waals surface area (Å²) in [6.45, 7) is 0. The lowest BCUT2D eigenvalue weighted by atomic mass is 9.85. The molecule has 0 amide bonds. The highest BCUT2D eigenvalue weighted by molar-refractivity contribution is 7.30. The van der Waals surface area contributed by atoms with Crippen molar-refractivity contribution in [2.24, 2.45) is 0 Å². The summed E-state index contributed by atoms with van der Waals surface area (Å²) in [6, 6.07) is 63.0. The monoisotopic (exact) mass is 668 g/mol. The molecule has 0 aliphatic heterocycles. The Morgan fingerprint density at radius 1 is 0.300 bits per heavy atom. The van der Waals surface area contributed by atoms with Crippen molar-refractivity contribution in [2.75, 3.05) is 0 Å². The fraction of sp³-hybridized carbons (Fsp3) is 0. The van der Waals surface area contributed by atoms with E-state index in [9.17, 15) is 0 Å². The molecule has 0 saturated carbocycles. The Labute approximate surface area is 297 Å². The zero-order valence-electron chi connectivity index (χ0n) is 27.0. The van der Waals surface area contributed by atoms with Crippen LogP contribution in [-0.4, -0.2) is 0 Å². The second-order valence-electron chi connectivity index (χ2n) is 13.2. The molecule has 9 aromatic carbocycles. The van der Waals surface area contributed by atoms with Gasteiger partial charge in [-0.1, -0.05) is 140 Å². The highest BCUT2D eigenvalue weighted by Gasteiger charge is 2.22. The number of benzene rings is 9. The zero-order chi connectivity index (χ0) is 32.8. The second kappa shape index (κ2) is 10.9. The normalized spacial score (nSPS) is 12.0. The Balaban J connectivity index is 1.23. The molecular weight excluding hydrogens is 641 g/mol. The van der Waals surface area contributed by atoms with Crippen LogP contribution in [0.3, 0.4) is 0 Å². The SMILES string of the molecule is c1ccc(-c2ccc3cc(-c4c5ccccc5c(-c5cc6c7ccccc7sc6c6c5sc5ccccc56)c5ccccc45)ccc3c2)cc1. The third-order valence-corrected chi connectivity index (χ3v) is 12.8. The van der Waals surface area contributed by atoms with E-state index >= 15 is 0 Å². The predicted molar refractivity (Wildman–Crippen MR) is 221 cm³/mol. The molecule has 11 rings (SSSR count). The molecule has 0 fully saturated rings. The zero-order valence-corrected chi connectivity index (χ0v) is 28.6. The summed E-state index contributed by atoms with van der Waals surface area (Å²) >= 11 is 3.86. The van der Waals surface area contributed by atoms with Crippen LogP contribution in [0.2, 0.25) is 0 Å². The molecule has 0 atom stereocenters. The Morgan fingerprint density at radius 3 is 1.48 bits per heavy atom. The molecule has 50 heavy (non-hydrogen) atoms. The number of thiophene rings is 2. The first kappa shape index (κ1) is 28.1. The lowest BCUT2D eigenvalue weighted by molar-refractivity contribution is 1.64. The topological polar surface area (TPSA) is 0 Å². The van der Waals surface area contributed by atoms with Gasteiger partial charge >= 0.3 is 0 Å². The summed E-state index contributed by atoms with van der Waals surface area (Å²) in [4.78, 5) is 0. The standard InChI is InChI=1S/C48H28S2/c1-2-12-29(13-3-1)30-22-23-32-27-33(25-24-31(32)26-30)44-35-15-4-6-17-37(35)45(38-18-7-5-16-36(38)44)41-28-40-34-14-8-10-20-42(34)49-47(40)46-39-19-9-11-21-43(39)50-48(41)46/h1-28H. The highest BCUT2D eigenvalue weighted by atomic mass is 32.1. The molecule has 0 N–H and O–H groups in total. The average molecular weight is 669 g/mol. The molecule has 2 heterocycles. The van der Waals surface area contributed by atoms with Crippen LogP contribution < -0.4 is 0 Å². The van der Waals surface area contributed by atoms with Crippen molar-refractivity contribution in [3.63, 3.8) is 0 Å². The van der Waals surface area contributed by atoms with Gasteiger partial charge < -0.3 is 0 Å². The van der Waals surface area contributed by atoms with Crippen LogP contribution in [-0.2, 0) is 0 Å². The maximum atomic E-state index is 2.50. The summed E-state index contributed by atoms with van der Waals surface area (Å²) < 4.78 is 5.44. The van der Waals surface area contributed by atoms with Crippen LogP contribution in [0, 0.1) is 0 Å². The quantitative estimate of drug-likeness (QED) is 0.164. The lowest BCUT2D eigenvalue weighted by Crippen LogP contribution is -1.91. The van der Waals surface area contributed by atoms with E-state index in [1.54, 1.807) is 0 Å². The molecule has 0 unspecified atom stereocenters. The van der Waals surface area contributed by atoms with Crippen LogP contribution in [0.4, 0.5) is 0 Å². The molecule has 2 aromatic heterocycles. The largest absolute Gasteiger partial charge is 0.134 e. The fourth-order valence-corrected chi connectivity index (χ4v) is 10.7. The molecule has 0 spiro atoms. The number of hydrogen-bond acceptors (Lipinski definition) is 2. The van der Waals surface area contributed by atoms with Gasteiger partial charge in [0.05, 0.1) is 0 Å². The molecule has 0 aliphatic rings. The van der Waals surface area contributed by atoms with E-state index in [2.05, 4.69) is 170 Å². The third kappa shape index (κ3) is 4.10. The number of rotatable bonds is 3. The van der Waals surface area contributed by atoms with E-state index in [1.807, 2.05) is 22.7 Å². The van der Waals surface area contributed by atoms with Crippen molar-refractivity contribution in [1.29, 1.82) is 0 Å². The summed E-state index contributed by atoms with van der Waals surface area (Å²) in [6.07, 6.45) is 0. The Morgan fingerprint density at radius 2 is 0.800 bits per heavy atom. The molecule has 11 aromatic rings. The van der Waals surface area contributed by atoms with Crippen LogP contribution in [0.25, 0.3) is 106 Å². The predicted octanol–water partition coefficient (Wildman–Crippen LogP) is 14.9. The minimum absolute atomic E-state index is 1.24. The minimum atomic E-state index is 1.24. The van der Waals surface area contributed by atoms with Crippen molar-refractivity contribution in [3.05, 3.63) is 170 Å². The molecule has 0 radical (unpaired) electrons. The van der Waals surface area contributed by atoms with Gasteiger partial charge in [0.1, 0.15) is 0 Å². The van der Waals surface area contributed by atoms with Gasteiger partial charge in [0.2, 0.25) is 0 Å². The van der Waals surface area contributed by atoms with Gasteiger partial charge in [0.15, 0.2) is 0 Å².